The van der Waals surface area contributed by atoms with Crippen molar-refractivity contribution in [2.75, 3.05) is 27.4 Å². The van der Waals surface area contributed by atoms with Crippen LogP contribution in [0, 0.1) is 0 Å². The second-order valence-electron chi connectivity index (χ2n) is 7.45. The van der Waals surface area contributed by atoms with Crippen molar-refractivity contribution in [3.05, 3.63) is 91.0 Å². The van der Waals surface area contributed by atoms with Crippen LogP contribution in [0.3, 0.4) is 0 Å². The Labute approximate surface area is 190 Å². The number of aromatic nitrogens is 3. The molecule has 0 aliphatic rings. The third-order valence-corrected chi connectivity index (χ3v) is 5.01. The SMILES string of the molecule is Nc1ccc(Nc2nc(Nc3ccc(N)cc3)nc(Nc3cccc4ccccc34)n2)cc1. The van der Waals surface area contributed by atoms with Gasteiger partial charge in [-0.05, 0) is 60.0 Å². The molecule has 7 N–H and O–H groups in total. The van der Waals surface area contributed by atoms with E-state index in [4.69, 9.17) is 11.5 Å². The Morgan fingerprint density at radius 2 is 0.970 bits per heavy atom. The zero-order valence-corrected chi connectivity index (χ0v) is 17.7. The minimum Gasteiger partial charge on any atom is -0.399 e. The molecule has 0 saturated heterocycles. The van der Waals surface area contributed by atoms with E-state index < -0.39 is 0 Å². The number of nitrogens with one attached hydrogen (secondary N) is 3. The molecule has 0 spiro atoms. The number of nitrogens with two attached hydrogens (primary N) is 2. The summed E-state index contributed by atoms with van der Waals surface area (Å²) < 4.78 is 0. The number of nitrogen functional groups attached to an aromatic ring is 2. The fourth-order valence-corrected chi connectivity index (χ4v) is 3.39. The molecule has 5 rings (SSSR count). The summed E-state index contributed by atoms with van der Waals surface area (Å²) in [5.74, 6) is 1.17. The minimum absolute atomic E-state index is 0.385. The van der Waals surface area contributed by atoms with E-state index in [0.717, 1.165) is 27.8 Å². The highest BCUT2D eigenvalue weighted by Gasteiger charge is 2.10. The Morgan fingerprint density at radius 1 is 0.485 bits per heavy atom. The van der Waals surface area contributed by atoms with Gasteiger partial charge in [0.1, 0.15) is 0 Å². The molecule has 33 heavy (non-hydrogen) atoms. The maximum atomic E-state index is 5.80. The summed E-state index contributed by atoms with van der Waals surface area (Å²) in [6, 6.07) is 28.9. The highest BCUT2D eigenvalue weighted by Crippen LogP contribution is 2.27. The molecule has 0 radical (unpaired) electrons. The van der Waals surface area contributed by atoms with Crippen molar-refractivity contribution >= 4 is 57.1 Å². The lowest BCUT2D eigenvalue weighted by atomic mass is 10.1. The Hall–Kier alpha value is -4.85. The lowest BCUT2D eigenvalue weighted by Crippen LogP contribution is -2.07. The van der Waals surface area contributed by atoms with Gasteiger partial charge < -0.3 is 27.4 Å². The molecule has 8 heteroatoms. The lowest BCUT2D eigenvalue weighted by molar-refractivity contribution is 1.06. The summed E-state index contributed by atoms with van der Waals surface area (Å²) in [6.45, 7) is 0. The van der Waals surface area contributed by atoms with Crippen molar-refractivity contribution in [3.8, 4) is 0 Å². The largest absolute Gasteiger partial charge is 0.399 e. The number of rotatable bonds is 6. The van der Waals surface area contributed by atoms with Crippen LogP contribution >= 0.6 is 0 Å². The smallest absolute Gasteiger partial charge is 0.233 e. The van der Waals surface area contributed by atoms with Gasteiger partial charge in [-0.15, -0.1) is 0 Å². The molecule has 1 aromatic heterocycles. The molecule has 0 amide bonds. The summed E-state index contributed by atoms with van der Waals surface area (Å²) in [5.41, 5.74) is 15.5. The maximum Gasteiger partial charge on any atom is 0.233 e. The normalized spacial score (nSPS) is 10.7. The molecule has 5 aromatic rings. The lowest BCUT2D eigenvalue weighted by Gasteiger charge is -2.13. The maximum absolute atomic E-state index is 5.80. The van der Waals surface area contributed by atoms with Crippen LogP contribution in [0.25, 0.3) is 10.8 Å². The molecule has 0 saturated carbocycles. The first kappa shape index (κ1) is 20.1. The predicted molar refractivity (Wildman–Crippen MR) is 135 cm³/mol. The number of nitrogens with zero attached hydrogens (tertiary/aromatic N) is 3. The van der Waals surface area contributed by atoms with Gasteiger partial charge in [0.05, 0.1) is 0 Å². The van der Waals surface area contributed by atoms with Crippen molar-refractivity contribution < 1.29 is 0 Å². The molecule has 0 aliphatic carbocycles. The van der Waals surface area contributed by atoms with E-state index in [1.165, 1.54) is 0 Å². The van der Waals surface area contributed by atoms with E-state index in [-0.39, 0.29) is 0 Å². The van der Waals surface area contributed by atoms with Crippen LogP contribution in [0.2, 0.25) is 0 Å². The fourth-order valence-electron chi connectivity index (χ4n) is 3.39. The van der Waals surface area contributed by atoms with Gasteiger partial charge in [0.15, 0.2) is 0 Å². The van der Waals surface area contributed by atoms with Crippen LogP contribution in [0.1, 0.15) is 0 Å². The Balaban J connectivity index is 1.50. The number of anilines is 8. The van der Waals surface area contributed by atoms with Crippen LogP contribution in [0.15, 0.2) is 91.0 Å². The Kier molecular flexibility index (Phi) is 5.30. The second-order valence-corrected chi connectivity index (χ2v) is 7.45. The van der Waals surface area contributed by atoms with E-state index in [0.29, 0.717) is 29.2 Å². The van der Waals surface area contributed by atoms with Gasteiger partial charge in [0.2, 0.25) is 17.8 Å². The number of fused-ring (bicyclic) bond motifs is 1. The van der Waals surface area contributed by atoms with E-state index in [2.05, 4.69) is 49.1 Å². The molecule has 0 fully saturated rings. The molecule has 0 atom stereocenters. The third-order valence-electron chi connectivity index (χ3n) is 5.01. The topological polar surface area (TPSA) is 127 Å². The zero-order valence-electron chi connectivity index (χ0n) is 17.7. The quantitative estimate of drug-likeness (QED) is 0.224. The summed E-state index contributed by atoms with van der Waals surface area (Å²) in [7, 11) is 0. The van der Waals surface area contributed by atoms with Gasteiger partial charge >= 0.3 is 0 Å². The molecule has 0 unspecified atom stereocenters. The number of hydrogen-bond donors (Lipinski definition) is 5. The van der Waals surface area contributed by atoms with Crippen LogP contribution in [0.4, 0.5) is 46.3 Å². The minimum atomic E-state index is 0.385. The van der Waals surface area contributed by atoms with Gasteiger partial charge in [-0.3, -0.25) is 0 Å². The summed E-state index contributed by atoms with van der Waals surface area (Å²) in [6.07, 6.45) is 0. The van der Waals surface area contributed by atoms with Crippen LogP contribution < -0.4 is 27.4 Å². The van der Waals surface area contributed by atoms with Crippen LogP contribution in [-0.2, 0) is 0 Å². The summed E-state index contributed by atoms with van der Waals surface area (Å²) in [4.78, 5) is 13.7. The fraction of sp³-hybridized carbons (Fsp3) is 0. The van der Waals surface area contributed by atoms with Gasteiger partial charge in [-0.2, -0.15) is 15.0 Å². The Bertz CT molecular complexity index is 1330. The van der Waals surface area contributed by atoms with Gasteiger partial charge in [0.25, 0.3) is 0 Å². The summed E-state index contributed by atoms with van der Waals surface area (Å²) in [5, 5.41) is 12.0. The average Bonchev–Trinajstić information content (AvgIpc) is 2.82. The first-order valence-corrected chi connectivity index (χ1v) is 10.4. The van der Waals surface area contributed by atoms with Crippen LogP contribution in [-0.4, -0.2) is 15.0 Å². The first-order valence-electron chi connectivity index (χ1n) is 10.4. The van der Waals surface area contributed by atoms with E-state index in [1.54, 1.807) is 0 Å². The van der Waals surface area contributed by atoms with E-state index >= 15 is 0 Å². The van der Waals surface area contributed by atoms with Crippen molar-refractivity contribution in [3.63, 3.8) is 0 Å². The van der Waals surface area contributed by atoms with Crippen molar-refractivity contribution in [2.24, 2.45) is 0 Å². The molecule has 0 aliphatic heterocycles. The summed E-state index contributed by atoms with van der Waals surface area (Å²) >= 11 is 0. The van der Waals surface area contributed by atoms with E-state index in [1.807, 2.05) is 72.8 Å². The molecular formula is C25H22N8. The molecule has 1 heterocycles. The highest BCUT2D eigenvalue weighted by atomic mass is 15.3. The zero-order chi connectivity index (χ0) is 22.6. The average molecular weight is 435 g/mol. The van der Waals surface area contributed by atoms with Gasteiger partial charge in [0, 0.05) is 33.8 Å². The van der Waals surface area contributed by atoms with Crippen molar-refractivity contribution in [2.45, 2.75) is 0 Å². The number of benzene rings is 4. The second kappa shape index (κ2) is 8.72. The van der Waals surface area contributed by atoms with E-state index in [9.17, 15) is 0 Å². The highest BCUT2D eigenvalue weighted by molar-refractivity contribution is 5.95. The van der Waals surface area contributed by atoms with Crippen molar-refractivity contribution in [1.29, 1.82) is 0 Å². The van der Waals surface area contributed by atoms with Crippen LogP contribution in [0.5, 0.6) is 0 Å². The molecule has 0 bridgehead atoms. The van der Waals surface area contributed by atoms with Gasteiger partial charge in [-0.1, -0.05) is 36.4 Å². The first-order chi connectivity index (χ1) is 16.1. The standard InChI is InChI=1S/C25H22N8/c26-17-8-12-19(13-9-17)28-23-31-24(29-20-14-10-18(27)11-15-20)33-25(32-23)30-22-7-3-5-16-4-1-2-6-21(16)22/h1-15H,26-27H2,(H3,28,29,30,31,32,33). The molecular weight excluding hydrogens is 412 g/mol. The Morgan fingerprint density at radius 3 is 1.55 bits per heavy atom. The predicted octanol–water partition coefficient (Wildman–Crippen LogP) is 5.42. The molecule has 4 aromatic carbocycles. The van der Waals surface area contributed by atoms with Gasteiger partial charge in [-0.25, -0.2) is 0 Å². The monoisotopic (exact) mass is 434 g/mol. The molecule has 162 valence electrons. The number of hydrogen-bond acceptors (Lipinski definition) is 8. The molecule has 8 nitrogen and oxygen atoms in total. The third kappa shape index (κ3) is 4.75. The van der Waals surface area contributed by atoms with Crippen molar-refractivity contribution in [1.82, 2.24) is 15.0 Å².